The lowest BCUT2D eigenvalue weighted by Crippen LogP contribution is -2.39. The molecule has 0 saturated carbocycles. The van der Waals surface area contributed by atoms with Crippen LogP contribution in [0, 0.1) is 5.92 Å². The van der Waals surface area contributed by atoms with Gasteiger partial charge in [0, 0.05) is 10.2 Å². The number of nitrogens with two attached hydrogens (primary N) is 1. The van der Waals surface area contributed by atoms with Crippen molar-refractivity contribution in [2.24, 2.45) is 5.92 Å². The van der Waals surface area contributed by atoms with E-state index < -0.39 is 0 Å². The van der Waals surface area contributed by atoms with E-state index in [4.69, 9.17) is 5.73 Å². The second kappa shape index (κ2) is 7.09. The van der Waals surface area contributed by atoms with E-state index in [2.05, 4.69) is 33.1 Å². The van der Waals surface area contributed by atoms with Crippen molar-refractivity contribution in [1.82, 2.24) is 4.90 Å². The fraction of sp³-hybridized carbons (Fsp3) is 0.533. The van der Waals surface area contributed by atoms with Gasteiger partial charge in [0.2, 0.25) is 5.91 Å². The highest BCUT2D eigenvalue weighted by Crippen LogP contribution is 2.25. The average molecular weight is 340 g/mol. The molecular formula is C15H22BrN3O. The lowest BCUT2D eigenvalue weighted by molar-refractivity contribution is -0.117. The van der Waals surface area contributed by atoms with Crippen molar-refractivity contribution in [3.8, 4) is 0 Å². The van der Waals surface area contributed by atoms with Gasteiger partial charge >= 0.3 is 0 Å². The molecule has 0 radical (unpaired) electrons. The van der Waals surface area contributed by atoms with E-state index in [-0.39, 0.29) is 5.91 Å². The van der Waals surface area contributed by atoms with Crippen LogP contribution in [-0.2, 0) is 4.79 Å². The van der Waals surface area contributed by atoms with Crippen LogP contribution >= 0.6 is 15.9 Å². The minimum atomic E-state index is 0.0328. The molecule has 1 aromatic carbocycles. The van der Waals surface area contributed by atoms with E-state index in [9.17, 15) is 4.79 Å². The molecule has 0 spiro atoms. The van der Waals surface area contributed by atoms with E-state index in [1.807, 2.05) is 6.07 Å². The Bertz CT molecular complexity index is 470. The van der Waals surface area contributed by atoms with Crippen LogP contribution in [0.3, 0.4) is 0 Å². The number of carbonyl (C=O) groups excluding carboxylic acids is 1. The van der Waals surface area contributed by atoms with Gasteiger partial charge in [-0.15, -0.1) is 0 Å². The first-order valence-corrected chi connectivity index (χ1v) is 7.95. The second-order valence-corrected chi connectivity index (χ2v) is 6.27. The summed E-state index contributed by atoms with van der Waals surface area (Å²) in [7, 11) is 0. The van der Waals surface area contributed by atoms with Crippen LogP contribution in [0.5, 0.6) is 0 Å². The summed E-state index contributed by atoms with van der Waals surface area (Å²) in [5, 5.41) is 2.93. The van der Waals surface area contributed by atoms with E-state index in [1.165, 1.54) is 19.3 Å². The zero-order valence-corrected chi connectivity index (χ0v) is 13.4. The minimum absolute atomic E-state index is 0.0328. The number of piperidine rings is 1. The van der Waals surface area contributed by atoms with E-state index in [0.29, 0.717) is 12.2 Å². The lowest BCUT2D eigenvalue weighted by atomic mass is 9.94. The minimum Gasteiger partial charge on any atom is -0.399 e. The molecule has 0 unspecified atom stereocenters. The van der Waals surface area contributed by atoms with Crippen LogP contribution in [0.1, 0.15) is 26.2 Å². The van der Waals surface area contributed by atoms with E-state index in [1.54, 1.807) is 12.1 Å². The number of nitrogen functional groups attached to an aromatic ring is 1. The third-order valence-electron chi connectivity index (χ3n) is 3.92. The molecule has 0 atom stereocenters. The summed E-state index contributed by atoms with van der Waals surface area (Å²) < 4.78 is 0.815. The van der Waals surface area contributed by atoms with E-state index >= 15 is 0 Å². The number of carbonyl (C=O) groups is 1. The van der Waals surface area contributed by atoms with Crippen molar-refractivity contribution in [1.29, 1.82) is 0 Å². The number of rotatable bonds is 4. The number of anilines is 2. The van der Waals surface area contributed by atoms with Gasteiger partial charge in [0.25, 0.3) is 0 Å². The molecule has 0 bridgehead atoms. The Hall–Kier alpha value is -1.07. The maximum absolute atomic E-state index is 12.1. The van der Waals surface area contributed by atoms with Crippen molar-refractivity contribution >= 4 is 33.2 Å². The predicted octanol–water partition coefficient (Wildman–Crippen LogP) is 3.09. The number of likely N-dealkylation sites (tertiary alicyclic amines) is 1. The normalized spacial score (nSPS) is 17.1. The van der Waals surface area contributed by atoms with Gasteiger partial charge < -0.3 is 11.1 Å². The first kappa shape index (κ1) is 15.3. The quantitative estimate of drug-likeness (QED) is 0.828. The topological polar surface area (TPSA) is 58.4 Å². The molecule has 1 aliphatic rings. The highest BCUT2D eigenvalue weighted by atomic mass is 79.9. The summed E-state index contributed by atoms with van der Waals surface area (Å²) in [5.41, 5.74) is 7.13. The first-order chi connectivity index (χ1) is 9.58. The Balaban J connectivity index is 1.84. The zero-order chi connectivity index (χ0) is 14.5. The lowest BCUT2D eigenvalue weighted by Gasteiger charge is -2.30. The molecule has 1 fully saturated rings. The number of nitrogens with zero attached hydrogens (tertiary/aromatic N) is 1. The van der Waals surface area contributed by atoms with Gasteiger partial charge in [-0.1, -0.05) is 13.3 Å². The predicted molar refractivity (Wildman–Crippen MR) is 86.6 cm³/mol. The van der Waals surface area contributed by atoms with Crippen molar-refractivity contribution in [2.45, 2.75) is 26.2 Å². The van der Waals surface area contributed by atoms with Crippen LogP contribution < -0.4 is 11.1 Å². The summed E-state index contributed by atoms with van der Waals surface area (Å²) in [6.45, 7) is 4.75. The summed E-state index contributed by atoms with van der Waals surface area (Å²) in [6, 6.07) is 5.40. The largest absolute Gasteiger partial charge is 0.399 e. The number of halogens is 1. The maximum atomic E-state index is 12.1. The standard InChI is InChI=1S/C15H22BrN3O/c1-2-11-5-7-19(8-6-11)10-15(20)18-14-4-3-12(17)9-13(14)16/h3-4,9,11H,2,5-8,10,17H2,1H3,(H,18,20). The molecule has 2 rings (SSSR count). The second-order valence-electron chi connectivity index (χ2n) is 5.42. The first-order valence-electron chi connectivity index (χ1n) is 7.15. The van der Waals surface area contributed by atoms with Crippen molar-refractivity contribution in [3.63, 3.8) is 0 Å². The Labute approximate surface area is 128 Å². The van der Waals surface area contributed by atoms with Crippen LogP contribution in [0.2, 0.25) is 0 Å². The fourth-order valence-corrected chi connectivity index (χ4v) is 3.07. The summed E-state index contributed by atoms with van der Waals surface area (Å²) >= 11 is 3.41. The SMILES string of the molecule is CCC1CCN(CC(=O)Nc2ccc(N)cc2Br)CC1. The smallest absolute Gasteiger partial charge is 0.238 e. The summed E-state index contributed by atoms with van der Waals surface area (Å²) in [4.78, 5) is 14.3. The molecule has 20 heavy (non-hydrogen) atoms. The molecule has 3 N–H and O–H groups in total. The summed E-state index contributed by atoms with van der Waals surface area (Å²) in [6.07, 6.45) is 3.66. The molecule has 4 nitrogen and oxygen atoms in total. The molecule has 1 heterocycles. The van der Waals surface area contributed by atoms with Gasteiger partial charge in [-0.25, -0.2) is 0 Å². The van der Waals surface area contributed by atoms with Gasteiger partial charge in [-0.3, -0.25) is 9.69 Å². The molecule has 5 heteroatoms. The molecule has 110 valence electrons. The average Bonchev–Trinajstić information content (AvgIpc) is 2.43. The third-order valence-corrected chi connectivity index (χ3v) is 4.58. The highest BCUT2D eigenvalue weighted by molar-refractivity contribution is 9.10. The molecule has 1 saturated heterocycles. The number of nitrogens with one attached hydrogen (secondary N) is 1. The van der Waals surface area contributed by atoms with E-state index in [0.717, 1.165) is 29.2 Å². The van der Waals surface area contributed by atoms with Gasteiger partial charge in [-0.2, -0.15) is 0 Å². The zero-order valence-electron chi connectivity index (χ0n) is 11.9. The molecule has 1 amide bonds. The Morgan fingerprint density at radius 3 is 2.75 bits per heavy atom. The molecule has 1 aliphatic heterocycles. The maximum Gasteiger partial charge on any atom is 0.238 e. The van der Waals surface area contributed by atoms with Crippen LogP contribution in [0.4, 0.5) is 11.4 Å². The highest BCUT2D eigenvalue weighted by Gasteiger charge is 2.19. The van der Waals surface area contributed by atoms with Crippen molar-refractivity contribution in [2.75, 3.05) is 30.7 Å². The third kappa shape index (κ3) is 4.21. The van der Waals surface area contributed by atoms with Crippen LogP contribution in [-0.4, -0.2) is 30.4 Å². The molecular weight excluding hydrogens is 318 g/mol. The van der Waals surface area contributed by atoms with Crippen molar-refractivity contribution in [3.05, 3.63) is 22.7 Å². The Morgan fingerprint density at radius 1 is 1.45 bits per heavy atom. The molecule has 0 aliphatic carbocycles. The number of hydrogen-bond donors (Lipinski definition) is 2. The Morgan fingerprint density at radius 2 is 2.15 bits per heavy atom. The number of amides is 1. The van der Waals surface area contributed by atoms with Crippen LogP contribution in [0.15, 0.2) is 22.7 Å². The number of hydrogen-bond acceptors (Lipinski definition) is 3. The fourth-order valence-electron chi connectivity index (χ4n) is 2.58. The van der Waals surface area contributed by atoms with Gasteiger partial charge in [-0.05, 0) is 66.0 Å². The molecule has 0 aromatic heterocycles. The Kier molecular flexibility index (Phi) is 5.43. The van der Waals surface area contributed by atoms with Gasteiger partial charge in [0.05, 0.1) is 12.2 Å². The van der Waals surface area contributed by atoms with Gasteiger partial charge in [0.15, 0.2) is 0 Å². The monoisotopic (exact) mass is 339 g/mol. The van der Waals surface area contributed by atoms with Crippen LogP contribution in [0.25, 0.3) is 0 Å². The van der Waals surface area contributed by atoms with Crippen molar-refractivity contribution < 1.29 is 4.79 Å². The van der Waals surface area contributed by atoms with Gasteiger partial charge in [0.1, 0.15) is 0 Å². The summed E-state index contributed by atoms with van der Waals surface area (Å²) in [5.74, 6) is 0.867. The number of benzene rings is 1. The molecule has 1 aromatic rings.